The maximum absolute atomic E-state index is 13.5. The van der Waals surface area contributed by atoms with Crippen LogP contribution in [0.25, 0.3) is 0 Å². The molecule has 0 aliphatic heterocycles. The summed E-state index contributed by atoms with van der Waals surface area (Å²) < 4.78 is 18.1. The molecular formula is C12H12ClFN2O4S. The van der Waals surface area contributed by atoms with E-state index in [0.717, 1.165) is 23.9 Å². The quantitative estimate of drug-likeness (QED) is 0.271. The average Bonchev–Trinajstić information content (AvgIpc) is 2.40. The molecule has 0 amide bonds. The Morgan fingerprint density at radius 3 is 2.62 bits per heavy atom. The first-order valence-electron chi connectivity index (χ1n) is 5.54. The molecule has 0 radical (unpaired) electrons. The van der Waals surface area contributed by atoms with Crippen molar-refractivity contribution in [1.82, 2.24) is 4.90 Å². The molecule has 0 aliphatic rings. The highest BCUT2D eigenvalue weighted by atomic mass is 35.5. The predicted octanol–water partition coefficient (Wildman–Crippen LogP) is 3.06. The lowest BCUT2D eigenvalue weighted by molar-refractivity contribution is -0.387. The van der Waals surface area contributed by atoms with Gasteiger partial charge in [0, 0.05) is 26.4 Å². The van der Waals surface area contributed by atoms with Crippen molar-refractivity contribution in [2.45, 2.75) is 4.90 Å². The van der Waals surface area contributed by atoms with Gasteiger partial charge in [-0.2, -0.15) is 0 Å². The molecule has 0 fully saturated rings. The van der Waals surface area contributed by atoms with E-state index in [-0.39, 0.29) is 20.5 Å². The van der Waals surface area contributed by atoms with Crippen molar-refractivity contribution >= 4 is 35.0 Å². The maximum atomic E-state index is 13.5. The van der Waals surface area contributed by atoms with E-state index in [1.54, 1.807) is 19.0 Å². The lowest BCUT2D eigenvalue weighted by Crippen LogP contribution is -2.09. The van der Waals surface area contributed by atoms with Crippen LogP contribution >= 0.6 is 23.4 Å². The number of carbonyl (C=O) groups is 1. The minimum atomic E-state index is -0.807. The van der Waals surface area contributed by atoms with E-state index in [1.165, 1.54) is 13.3 Å². The van der Waals surface area contributed by atoms with Gasteiger partial charge in [0.05, 0.1) is 22.0 Å². The number of thioether (sulfide) groups is 1. The highest BCUT2D eigenvalue weighted by Gasteiger charge is 2.22. The van der Waals surface area contributed by atoms with Gasteiger partial charge in [0.2, 0.25) is 0 Å². The molecule has 0 aliphatic carbocycles. The van der Waals surface area contributed by atoms with Gasteiger partial charge in [-0.3, -0.25) is 10.1 Å². The lowest BCUT2D eigenvalue weighted by Gasteiger charge is -2.10. The van der Waals surface area contributed by atoms with E-state index >= 15 is 0 Å². The fraction of sp³-hybridized carbons (Fsp3) is 0.250. The number of nitro benzene ring substituents is 1. The van der Waals surface area contributed by atoms with Crippen molar-refractivity contribution in [3.05, 3.63) is 44.2 Å². The topological polar surface area (TPSA) is 72.7 Å². The van der Waals surface area contributed by atoms with Crippen LogP contribution in [0.2, 0.25) is 5.02 Å². The number of methoxy groups -OCH3 is 1. The van der Waals surface area contributed by atoms with Crippen molar-refractivity contribution < 1.29 is 18.8 Å². The first-order chi connectivity index (χ1) is 9.76. The number of hydrogen-bond donors (Lipinski definition) is 0. The summed E-state index contributed by atoms with van der Waals surface area (Å²) >= 11 is 6.27. The third kappa shape index (κ3) is 4.61. The Hall–Kier alpha value is -1.80. The minimum Gasteiger partial charge on any atom is -0.465 e. The van der Waals surface area contributed by atoms with Crippen LogP contribution in [0, 0.1) is 15.9 Å². The summed E-state index contributed by atoms with van der Waals surface area (Å²) in [5, 5.41) is 10.6. The molecule has 6 nitrogen and oxygen atoms in total. The Labute approximate surface area is 129 Å². The number of nitro groups is 1. The highest BCUT2D eigenvalue weighted by Crippen LogP contribution is 2.37. The average molecular weight is 335 g/mol. The third-order valence-corrected chi connectivity index (χ3v) is 3.51. The monoisotopic (exact) mass is 334 g/mol. The molecule has 21 heavy (non-hydrogen) atoms. The van der Waals surface area contributed by atoms with Crippen LogP contribution < -0.4 is 0 Å². The van der Waals surface area contributed by atoms with Gasteiger partial charge in [-0.05, 0) is 6.07 Å². The van der Waals surface area contributed by atoms with Crippen LogP contribution in [-0.4, -0.2) is 37.0 Å². The molecule has 0 N–H and O–H groups in total. The lowest BCUT2D eigenvalue weighted by atomic mass is 10.3. The number of hydrogen-bond acceptors (Lipinski definition) is 6. The highest BCUT2D eigenvalue weighted by molar-refractivity contribution is 8.04. The molecule has 0 saturated heterocycles. The van der Waals surface area contributed by atoms with Crippen molar-refractivity contribution in [2.24, 2.45) is 0 Å². The van der Waals surface area contributed by atoms with Crippen LogP contribution in [0.1, 0.15) is 0 Å². The van der Waals surface area contributed by atoms with Gasteiger partial charge in [0.1, 0.15) is 10.7 Å². The smallest absolute Gasteiger partial charge is 0.346 e. The van der Waals surface area contributed by atoms with Crippen LogP contribution in [-0.2, 0) is 9.53 Å². The molecule has 1 aromatic carbocycles. The maximum Gasteiger partial charge on any atom is 0.346 e. The number of nitrogens with zero attached hydrogens (tertiary/aromatic N) is 2. The van der Waals surface area contributed by atoms with Gasteiger partial charge in [-0.25, -0.2) is 9.18 Å². The Morgan fingerprint density at radius 1 is 1.52 bits per heavy atom. The first-order valence-corrected chi connectivity index (χ1v) is 6.73. The summed E-state index contributed by atoms with van der Waals surface area (Å²) in [7, 11) is 4.52. The Kier molecular flexibility index (Phi) is 5.98. The number of rotatable bonds is 5. The summed E-state index contributed by atoms with van der Waals surface area (Å²) in [4.78, 5) is 23.6. The molecule has 0 unspecified atom stereocenters. The molecule has 0 aromatic heterocycles. The second kappa shape index (κ2) is 7.28. The fourth-order valence-electron chi connectivity index (χ4n) is 1.32. The van der Waals surface area contributed by atoms with Crippen molar-refractivity contribution in [1.29, 1.82) is 0 Å². The van der Waals surface area contributed by atoms with E-state index < -0.39 is 16.7 Å². The SMILES string of the molecule is COC(=O)/C(=C\N(C)C)Sc1cc(F)c(Cl)cc1[N+](=O)[O-]. The van der Waals surface area contributed by atoms with E-state index in [1.807, 2.05) is 0 Å². The van der Waals surface area contributed by atoms with Crippen molar-refractivity contribution in [3.63, 3.8) is 0 Å². The molecule has 0 saturated carbocycles. The standard InChI is InChI=1S/C12H12ClFN2O4S/c1-15(2)6-11(12(17)20-3)21-10-5-8(14)7(13)4-9(10)16(18)19/h4-6H,1-3H3/b11-6+. The predicted molar refractivity (Wildman–Crippen MR) is 77.7 cm³/mol. The van der Waals surface area contributed by atoms with Gasteiger partial charge in [-0.1, -0.05) is 23.4 Å². The summed E-state index contributed by atoms with van der Waals surface area (Å²) in [5.74, 6) is -1.49. The summed E-state index contributed by atoms with van der Waals surface area (Å²) in [6, 6.07) is 1.82. The Balaban J connectivity index is 3.29. The molecule has 114 valence electrons. The summed E-state index contributed by atoms with van der Waals surface area (Å²) in [5.41, 5.74) is -0.389. The fourth-order valence-corrected chi connectivity index (χ4v) is 2.54. The summed E-state index contributed by atoms with van der Waals surface area (Å²) in [6.07, 6.45) is 1.42. The zero-order valence-electron chi connectivity index (χ0n) is 11.4. The second-order valence-corrected chi connectivity index (χ2v) is 5.53. The molecule has 0 atom stereocenters. The summed E-state index contributed by atoms with van der Waals surface area (Å²) in [6.45, 7) is 0. The van der Waals surface area contributed by atoms with Gasteiger partial charge >= 0.3 is 5.97 Å². The molecule has 1 aromatic rings. The molecule has 0 spiro atoms. The molecule has 1 rings (SSSR count). The first kappa shape index (κ1) is 17.3. The van der Waals surface area contributed by atoms with Crippen LogP contribution in [0.5, 0.6) is 0 Å². The molecule has 9 heteroatoms. The van der Waals surface area contributed by atoms with E-state index in [4.69, 9.17) is 11.6 Å². The number of esters is 1. The van der Waals surface area contributed by atoms with Crippen molar-refractivity contribution in [3.8, 4) is 0 Å². The van der Waals surface area contributed by atoms with E-state index in [0.29, 0.717) is 0 Å². The second-order valence-electron chi connectivity index (χ2n) is 4.04. The van der Waals surface area contributed by atoms with E-state index in [2.05, 4.69) is 4.74 Å². The van der Waals surface area contributed by atoms with Crippen LogP contribution in [0.15, 0.2) is 28.1 Å². The van der Waals surface area contributed by atoms with Crippen LogP contribution in [0.3, 0.4) is 0 Å². The Bertz CT molecular complexity index is 607. The normalized spacial score (nSPS) is 11.2. The number of benzene rings is 1. The number of halogens is 2. The van der Waals surface area contributed by atoms with E-state index in [9.17, 15) is 19.3 Å². The minimum absolute atomic E-state index is 0.0413. The van der Waals surface area contributed by atoms with Gasteiger partial charge in [-0.15, -0.1) is 0 Å². The van der Waals surface area contributed by atoms with Gasteiger partial charge in [0.15, 0.2) is 0 Å². The largest absolute Gasteiger partial charge is 0.465 e. The number of carbonyl (C=O) groups excluding carboxylic acids is 1. The molecule has 0 heterocycles. The van der Waals surface area contributed by atoms with Crippen LogP contribution in [0.4, 0.5) is 10.1 Å². The number of ether oxygens (including phenoxy) is 1. The zero-order chi connectivity index (χ0) is 16.2. The van der Waals surface area contributed by atoms with Gasteiger partial charge in [0.25, 0.3) is 5.69 Å². The van der Waals surface area contributed by atoms with Crippen molar-refractivity contribution in [2.75, 3.05) is 21.2 Å². The molecular weight excluding hydrogens is 323 g/mol. The Morgan fingerprint density at radius 2 is 2.14 bits per heavy atom. The third-order valence-electron chi connectivity index (χ3n) is 2.18. The molecule has 0 bridgehead atoms. The zero-order valence-corrected chi connectivity index (χ0v) is 13.0. The van der Waals surface area contributed by atoms with Gasteiger partial charge < -0.3 is 9.64 Å².